The van der Waals surface area contributed by atoms with Crippen LogP contribution in [0, 0.1) is 6.92 Å². The second-order valence-corrected chi connectivity index (χ2v) is 3.81. The van der Waals surface area contributed by atoms with Gasteiger partial charge in [-0.3, -0.25) is 4.79 Å². The van der Waals surface area contributed by atoms with E-state index in [1.807, 2.05) is 13.8 Å². The molecule has 0 aliphatic rings. The summed E-state index contributed by atoms with van der Waals surface area (Å²) >= 11 is 0. The Morgan fingerprint density at radius 3 is 2.62 bits per heavy atom. The fourth-order valence-corrected chi connectivity index (χ4v) is 1.43. The van der Waals surface area contributed by atoms with Crippen molar-refractivity contribution >= 4 is 11.9 Å². The predicted octanol–water partition coefficient (Wildman–Crippen LogP) is 1.84. The van der Waals surface area contributed by atoms with E-state index in [-0.39, 0.29) is 12.5 Å². The van der Waals surface area contributed by atoms with Gasteiger partial charge in [0.05, 0.1) is 6.42 Å². The van der Waals surface area contributed by atoms with Crippen LogP contribution in [0.1, 0.15) is 31.7 Å². The lowest BCUT2D eigenvalue weighted by molar-refractivity contribution is -0.137. The number of carbonyl (C=O) groups is 1. The van der Waals surface area contributed by atoms with Gasteiger partial charge >= 0.3 is 5.97 Å². The molecule has 88 valence electrons. The van der Waals surface area contributed by atoms with Crippen LogP contribution in [0.5, 0.6) is 0 Å². The molecule has 1 unspecified atom stereocenters. The molecule has 1 aromatic heterocycles. The summed E-state index contributed by atoms with van der Waals surface area (Å²) in [5, 5.41) is 11.8. The first-order chi connectivity index (χ1) is 7.61. The molecule has 2 N–H and O–H groups in total. The molecule has 0 amide bonds. The number of carboxylic acids is 1. The normalized spacial score (nSPS) is 12.1. The molecule has 0 aliphatic heterocycles. The third-order valence-electron chi connectivity index (χ3n) is 2.17. The van der Waals surface area contributed by atoms with Gasteiger partial charge in [0.1, 0.15) is 0 Å². The number of nitrogens with zero attached hydrogens (tertiary/aromatic N) is 2. The van der Waals surface area contributed by atoms with Crippen molar-refractivity contribution in [2.75, 3.05) is 5.32 Å². The zero-order valence-electron chi connectivity index (χ0n) is 9.60. The number of hydrogen-bond donors (Lipinski definition) is 2. The zero-order chi connectivity index (χ0) is 12.0. The fourth-order valence-electron chi connectivity index (χ4n) is 1.43. The second-order valence-electron chi connectivity index (χ2n) is 3.81. The van der Waals surface area contributed by atoms with Crippen molar-refractivity contribution in [3.05, 3.63) is 18.0 Å². The Morgan fingerprint density at radius 1 is 1.50 bits per heavy atom. The Bertz CT molecular complexity index is 338. The quantitative estimate of drug-likeness (QED) is 0.769. The zero-order valence-corrected chi connectivity index (χ0v) is 9.60. The van der Waals surface area contributed by atoms with Crippen LogP contribution in [-0.4, -0.2) is 27.1 Å². The van der Waals surface area contributed by atoms with E-state index in [1.54, 1.807) is 12.4 Å². The van der Waals surface area contributed by atoms with Gasteiger partial charge in [-0.1, -0.05) is 13.3 Å². The largest absolute Gasteiger partial charge is 0.481 e. The van der Waals surface area contributed by atoms with E-state index in [0.29, 0.717) is 5.95 Å². The lowest BCUT2D eigenvalue weighted by Gasteiger charge is -2.15. The topological polar surface area (TPSA) is 75.1 Å². The predicted molar refractivity (Wildman–Crippen MR) is 61.3 cm³/mol. The van der Waals surface area contributed by atoms with Crippen molar-refractivity contribution in [3.63, 3.8) is 0 Å². The first kappa shape index (κ1) is 12.4. The van der Waals surface area contributed by atoms with Gasteiger partial charge < -0.3 is 10.4 Å². The molecule has 0 spiro atoms. The number of aliphatic carboxylic acids is 1. The highest BCUT2D eigenvalue weighted by Gasteiger charge is 2.12. The number of hydrogen-bond acceptors (Lipinski definition) is 4. The number of nitrogens with one attached hydrogen (secondary N) is 1. The maximum atomic E-state index is 10.6. The summed E-state index contributed by atoms with van der Waals surface area (Å²) in [5.74, 6) is -0.316. The minimum atomic E-state index is -0.807. The monoisotopic (exact) mass is 223 g/mol. The van der Waals surface area contributed by atoms with Gasteiger partial charge in [0.15, 0.2) is 0 Å². The molecule has 0 aromatic carbocycles. The smallest absolute Gasteiger partial charge is 0.305 e. The van der Waals surface area contributed by atoms with Crippen LogP contribution in [-0.2, 0) is 4.79 Å². The van der Waals surface area contributed by atoms with E-state index in [1.165, 1.54) is 0 Å². The van der Waals surface area contributed by atoms with Gasteiger partial charge in [-0.15, -0.1) is 0 Å². The van der Waals surface area contributed by atoms with Crippen molar-refractivity contribution in [3.8, 4) is 0 Å². The summed E-state index contributed by atoms with van der Waals surface area (Å²) in [6.07, 6.45) is 5.23. The van der Waals surface area contributed by atoms with Crippen LogP contribution in [0.4, 0.5) is 5.95 Å². The molecule has 0 saturated heterocycles. The standard InChI is InChI=1S/C11H17N3O2/c1-3-4-9(5-10(15)16)14-11-12-6-8(2)7-13-11/h6-7,9H,3-5H2,1-2H3,(H,15,16)(H,12,13,14). The van der Waals surface area contributed by atoms with Crippen molar-refractivity contribution < 1.29 is 9.90 Å². The minimum absolute atomic E-state index is 0.0884. The molecule has 1 atom stereocenters. The van der Waals surface area contributed by atoms with Crippen molar-refractivity contribution in [2.45, 2.75) is 39.2 Å². The maximum absolute atomic E-state index is 10.6. The maximum Gasteiger partial charge on any atom is 0.305 e. The van der Waals surface area contributed by atoms with E-state index < -0.39 is 5.97 Å². The van der Waals surface area contributed by atoms with Gasteiger partial charge in [0, 0.05) is 18.4 Å². The molecule has 1 rings (SSSR count). The average molecular weight is 223 g/mol. The first-order valence-corrected chi connectivity index (χ1v) is 5.38. The van der Waals surface area contributed by atoms with Crippen LogP contribution < -0.4 is 5.32 Å². The van der Waals surface area contributed by atoms with Crippen LogP contribution in [0.2, 0.25) is 0 Å². The van der Waals surface area contributed by atoms with Gasteiger partial charge in [-0.2, -0.15) is 0 Å². The average Bonchev–Trinajstić information content (AvgIpc) is 2.21. The van der Waals surface area contributed by atoms with Gasteiger partial charge in [-0.25, -0.2) is 9.97 Å². The Morgan fingerprint density at radius 2 is 2.12 bits per heavy atom. The summed E-state index contributed by atoms with van der Waals surface area (Å²) < 4.78 is 0. The van der Waals surface area contributed by atoms with Crippen molar-refractivity contribution in [1.82, 2.24) is 9.97 Å². The molecule has 5 heteroatoms. The summed E-state index contributed by atoms with van der Waals surface area (Å²) in [4.78, 5) is 18.8. The molecule has 1 heterocycles. The third kappa shape index (κ3) is 4.25. The molecular formula is C11H17N3O2. The van der Waals surface area contributed by atoms with Crippen molar-refractivity contribution in [2.24, 2.45) is 0 Å². The van der Waals surface area contributed by atoms with E-state index in [0.717, 1.165) is 18.4 Å². The molecule has 0 fully saturated rings. The number of rotatable bonds is 6. The van der Waals surface area contributed by atoms with E-state index in [2.05, 4.69) is 15.3 Å². The number of carboxylic acid groups (broad SMARTS) is 1. The lowest BCUT2D eigenvalue weighted by atomic mass is 10.1. The lowest BCUT2D eigenvalue weighted by Crippen LogP contribution is -2.24. The fraction of sp³-hybridized carbons (Fsp3) is 0.545. The van der Waals surface area contributed by atoms with Gasteiger partial charge in [-0.05, 0) is 18.9 Å². The van der Waals surface area contributed by atoms with E-state index in [4.69, 9.17) is 5.11 Å². The van der Waals surface area contributed by atoms with Crippen LogP contribution in [0.3, 0.4) is 0 Å². The SMILES string of the molecule is CCCC(CC(=O)O)Nc1ncc(C)cn1. The Labute approximate surface area is 94.9 Å². The number of aryl methyl sites for hydroxylation is 1. The summed E-state index contributed by atoms with van der Waals surface area (Å²) in [6.45, 7) is 3.93. The molecule has 0 saturated carbocycles. The first-order valence-electron chi connectivity index (χ1n) is 5.38. The highest BCUT2D eigenvalue weighted by Crippen LogP contribution is 2.08. The molecule has 0 aliphatic carbocycles. The third-order valence-corrected chi connectivity index (χ3v) is 2.17. The van der Waals surface area contributed by atoms with Gasteiger partial charge in [0.2, 0.25) is 5.95 Å². The summed E-state index contributed by atoms with van der Waals surface area (Å²) in [6, 6.07) is -0.106. The summed E-state index contributed by atoms with van der Waals surface area (Å²) in [5.41, 5.74) is 0.982. The van der Waals surface area contributed by atoms with Crippen LogP contribution >= 0.6 is 0 Å². The van der Waals surface area contributed by atoms with E-state index >= 15 is 0 Å². The Hall–Kier alpha value is -1.65. The Balaban J connectivity index is 2.59. The molecule has 0 radical (unpaired) electrons. The molecular weight excluding hydrogens is 206 g/mol. The van der Waals surface area contributed by atoms with E-state index in [9.17, 15) is 4.79 Å². The number of anilines is 1. The van der Waals surface area contributed by atoms with Crippen LogP contribution in [0.15, 0.2) is 12.4 Å². The highest BCUT2D eigenvalue weighted by molar-refractivity contribution is 5.68. The molecule has 0 bridgehead atoms. The highest BCUT2D eigenvalue weighted by atomic mass is 16.4. The molecule has 5 nitrogen and oxygen atoms in total. The van der Waals surface area contributed by atoms with Crippen LogP contribution in [0.25, 0.3) is 0 Å². The number of aromatic nitrogens is 2. The van der Waals surface area contributed by atoms with Gasteiger partial charge in [0.25, 0.3) is 0 Å². The van der Waals surface area contributed by atoms with Crippen molar-refractivity contribution in [1.29, 1.82) is 0 Å². The second kappa shape index (κ2) is 6.05. The Kier molecular flexibility index (Phi) is 4.69. The minimum Gasteiger partial charge on any atom is -0.481 e. The molecule has 1 aromatic rings. The molecule has 16 heavy (non-hydrogen) atoms. The summed E-state index contributed by atoms with van der Waals surface area (Å²) in [7, 11) is 0.